The van der Waals surface area contributed by atoms with E-state index in [1.165, 1.54) is 25.1 Å². The van der Waals surface area contributed by atoms with Gasteiger partial charge in [0.1, 0.15) is 5.75 Å². The molecule has 0 bridgehead atoms. The van der Waals surface area contributed by atoms with Crippen LogP contribution in [0.2, 0.25) is 5.02 Å². The van der Waals surface area contributed by atoms with Gasteiger partial charge in [0.2, 0.25) is 15.9 Å². The lowest BCUT2D eigenvalue weighted by atomic mass is 10.1. The second-order valence-corrected chi connectivity index (χ2v) is 9.57. The van der Waals surface area contributed by atoms with Crippen LogP contribution in [0.5, 0.6) is 5.75 Å². The number of halogens is 1. The number of rotatable bonds is 9. The summed E-state index contributed by atoms with van der Waals surface area (Å²) in [6.07, 6.45) is 0. The molecule has 0 aliphatic carbocycles. The summed E-state index contributed by atoms with van der Waals surface area (Å²) in [6, 6.07) is 19.4. The maximum Gasteiger partial charge on any atom is 0.262 e. The van der Waals surface area contributed by atoms with Crippen molar-refractivity contribution in [1.82, 2.24) is 4.72 Å². The van der Waals surface area contributed by atoms with Crippen LogP contribution in [0.3, 0.4) is 0 Å². The van der Waals surface area contributed by atoms with E-state index in [9.17, 15) is 18.0 Å². The van der Waals surface area contributed by atoms with E-state index in [2.05, 4.69) is 15.4 Å². The van der Waals surface area contributed by atoms with Gasteiger partial charge in [-0.05, 0) is 48.9 Å². The molecule has 0 aliphatic rings. The van der Waals surface area contributed by atoms with Crippen LogP contribution < -0.4 is 20.1 Å². The smallest absolute Gasteiger partial charge is 0.262 e. The van der Waals surface area contributed by atoms with Gasteiger partial charge in [-0.15, -0.1) is 0 Å². The Bertz CT molecular complexity index is 1280. The first-order valence-corrected chi connectivity index (χ1v) is 12.2. The van der Waals surface area contributed by atoms with E-state index in [0.717, 1.165) is 5.56 Å². The highest BCUT2D eigenvalue weighted by atomic mass is 35.5. The molecule has 0 aromatic heterocycles. The lowest BCUT2D eigenvalue weighted by molar-refractivity contribution is -0.118. The average Bonchev–Trinajstić information content (AvgIpc) is 2.78. The Balaban J connectivity index is 1.60. The van der Waals surface area contributed by atoms with E-state index in [0.29, 0.717) is 11.4 Å². The third kappa shape index (κ3) is 7.05. The second-order valence-electron chi connectivity index (χ2n) is 7.44. The number of sulfonamides is 1. The molecular weight excluding hydrogens is 478 g/mol. The molecule has 0 saturated carbocycles. The minimum atomic E-state index is -3.83. The summed E-state index contributed by atoms with van der Waals surface area (Å²) in [4.78, 5) is 23.4. The second kappa shape index (κ2) is 11.1. The van der Waals surface area contributed by atoms with Gasteiger partial charge in [0.15, 0.2) is 6.61 Å². The van der Waals surface area contributed by atoms with Gasteiger partial charge in [-0.3, -0.25) is 9.59 Å². The molecule has 0 radical (unpaired) electrons. The third-order valence-corrected chi connectivity index (χ3v) is 6.50. The SMILES string of the molecule is CC(=O)Nc1cccc(NC(=O)COc2ccc(S(=O)(=O)N[C@@H](C)c3ccccc3)cc2Cl)c1. The number of anilines is 2. The fraction of sp³-hybridized carbons (Fsp3) is 0.167. The van der Waals surface area contributed by atoms with Crippen LogP contribution in [0.25, 0.3) is 0 Å². The largest absolute Gasteiger partial charge is 0.482 e. The van der Waals surface area contributed by atoms with Gasteiger partial charge in [-0.1, -0.05) is 48.0 Å². The predicted molar refractivity (Wildman–Crippen MR) is 132 cm³/mol. The zero-order valence-corrected chi connectivity index (χ0v) is 20.1. The van der Waals surface area contributed by atoms with E-state index >= 15 is 0 Å². The molecule has 3 rings (SSSR count). The van der Waals surface area contributed by atoms with Crippen molar-refractivity contribution >= 4 is 44.8 Å². The number of benzene rings is 3. The van der Waals surface area contributed by atoms with Crippen LogP contribution in [0.4, 0.5) is 11.4 Å². The van der Waals surface area contributed by atoms with Gasteiger partial charge in [0.05, 0.1) is 9.92 Å². The molecule has 10 heteroatoms. The van der Waals surface area contributed by atoms with Crippen molar-refractivity contribution in [1.29, 1.82) is 0 Å². The molecule has 2 amide bonds. The molecule has 3 aromatic carbocycles. The Morgan fingerprint density at radius 3 is 2.26 bits per heavy atom. The molecule has 0 unspecified atom stereocenters. The van der Waals surface area contributed by atoms with E-state index in [-0.39, 0.29) is 28.2 Å². The zero-order chi connectivity index (χ0) is 24.7. The summed E-state index contributed by atoms with van der Waals surface area (Å²) in [5, 5.41) is 5.33. The lowest BCUT2D eigenvalue weighted by Crippen LogP contribution is -2.27. The van der Waals surface area contributed by atoms with Crippen molar-refractivity contribution in [2.45, 2.75) is 24.8 Å². The predicted octanol–water partition coefficient (Wildman–Crippen LogP) is 4.36. The number of nitrogens with one attached hydrogen (secondary N) is 3. The number of carbonyl (C=O) groups excluding carboxylic acids is 2. The molecule has 0 spiro atoms. The number of amides is 2. The molecule has 3 N–H and O–H groups in total. The molecule has 0 aliphatic heterocycles. The standard InChI is InChI=1S/C24H24ClN3O5S/c1-16(18-7-4-3-5-8-18)28-34(31,32)21-11-12-23(22(25)14-21)33-15-24(30)27-20-10-6-9-19(13-20)26-17(2)29/h3-14,16,28H,15H2,1-2H3,(H,26,29)(H,27,30)/t16-/m0/s1. The first kappa shape index (κ1) is 25.2. The Kier molecular flexibility index (Phi) is 8.27. The molecule has 3 aromatic rings. The fourth-order valence-corrected chi connectivity index (χ4v) is 4.65. The first-order valence-electron chi connectivity index (χ1n) is 10.3. The Morgan fingerprint density at radius 2 is 1.62 bits per heavy atom. The Labute approximate surface area is 203 Å². The minimum Gasteiger partial charge on any atom is -0.482 e. The van der Waals surface area contributed by atoms with Gasteiger partial charge >= 0.3 is 0 Å². The van der Waals surface area contributed by atoms with Crippen LogP contribution in [-0.2, 0) is 19.6 Å². The number of hydrogen-bond donors (Lipinski definition) is 3. The van der Waals surface area contributed by atoms with Crippen molar-refractivity contribution in [2.24, 2.45) is 0 Å². The molecule has 0 saturated heterocycles. The minimum absolute atomic E-state index is 0.0214. The van der Waals surface area contributed by atoms with Crippen LogP contribution >= 0.6 is 11.6 Å². The van der Waals surface area contributed by atoms with Crippen LogP contribution in [0.1, 0.15) is 25.5 Å². The monoisotopic (exact) mass is 501 g/mol. The molecule has 0 heterocycles. The first-order chi connectivity index (χ1) is 16.1. The number of hydrogen-bond acceptors (Lipinski definition) is 5. The van der Waals surface area contributed by atoms with E-state index in [1.807, 2.05) is 30.3 Å². The van der Waals surface area contributed by atoms with Crippen LogP contribution in [0, 0.1) is 0 Å². The van der Waals surface area contributed by atoms with E-state index < -0.39 is 22.0 Å². The van der Waals surface area contributed by atoms with Crippen molar-refractivity contribution in [3.63, 3.8) is 0 Å². The normalized spacial score (nSPS) is 12.0. The summed E-state index contributed by atoms with van der Waals surface area (Å²) in [7, 11) is -3.83. The molecule has 1 atom stereocenters. The summed E-state index contributed by atoms with van der Waals surface area (Å²) >= 11 is 6.21. The van der Waals surface area contributed by atoms with Crippen molar-refractivity contribution in [2.75, 3.05) is 17.2 Å². The Hall–Kier alpha value is -3.40. The van der Waals surface area contributed by atoms with Crippen LogP contribution in [-0.4, -0.2) is 26.8 Å². The molecule has 8 nitrogen and oxygen atoms in total. The lowest BCUT2D eigenvalue weighted by Gasteiger charge is -2.15. The third-order valence-electron chi connectivity index (χ3n) is 4.67. The highest BCUT2D eigenvalue weighted by Gasteiger charge is 2.20. The van der Waals surface area contributed by atoms with Crippen LogP contribution in [0.15, 0.2) is 77.7 Å². The summed E-state index contributed by atoms with van der Waals surface area (Å²) in [5.74, 6) is -0.512. The van der Waals surface area contributed by atoms with Gasteiger partial charge < -0.3 is 15.4 Å². The summed E-state index contributed by atoms with van der Waals surface area (Å²) in [5.41, 5.74) is 1.85. The molecule has 0 fully saturated rings. The van der Waals surface area contributed by atoms with Crippen molar-refractivity contribution in [3.05, 3.63) is 83.4 Å². The highest BCUT2D eigenvalue weighted by Crippen LogP contribution is 2.28. The summed E-state index contributed by atoms with van der Waals surface area (Å²) < 4.78 is 33.6. The number of carbonyl (C=O) groups is 2. The van der Waals surface area contributed by atoms with Gasteiger partial charge in [-0.25, -0.2) is 13.1 Å². The maximum absolute atomic E-state index is 12.7. The molecule has 178 valence electrons. The quantitative estimate of drug-likeness (QED) is 0.403. The van der Waals surface area contributed by atoms with E-state index in [1.54, 1.807) is 31.2 Å². The fourth-order valence-electron chi connectivity index (χ4n) is 3.09. The average molecular weight is 502 g/mol. The van der Waals surface area contributed by atoms with Crippen molar-refractivity contribution in [3.8, 4) is 5.75 Å². The highest BCUT2D eigenvalue weighted by molar-refractivity contribution is 7.89. The van der Waals surface area contributed by atoms with Gasteiger partial charge in [-0.2, -0.15) is 0 Å². The summed E-state index contributed by atoms with van der Waals surface area (Å²) in [6.45, 7) is 2.79. The Morgan fingerprint density at radius 1 is 0.941 bits per heavy atom. The van der Waals surface area contributed by atoms with Gasteiger partial charge in [0, 0.05) is 24.3 Å². The van der Waals surface area contributed by atoms with Gasteiger partial charge in [0.25, 0.3) is 5.91 Å². The number of ether oxygens (including phenoxy) is 1. The molecule has 34 heavy (non-hydrogen) atoms. The molecular formula is C24H24ClN3O5S. The van der Waals surface area contributed by atoms with E-state index in [4.69, 9.17) is 16.3 Å². The zero-order valence-electron chi connectivity index (χ0n) is 18.5. The van der Waals surface area contributed by atoms with Crippen molar-refractivity contribution < 1.29 is 22.7 Å². The maximum atomic E-state index is 12.7. The topological polar surface area (TPSA) is 114 Å².